The zero-order chi connectivity index (χ0) is 28.6. The molecule has 10 heteroatoms. The van der Waals surface area contributed by atoms with Crippen LogP contribution in [0, 0.1) is 0 Å². The molecule has 0 spiro atoms. The van der Waals surface area contributed by atoms with Crippen LogP contribution in [-0.4, -0.2) is 35.2 Å². The highest BCUT2D eigenvalue weighted by atomic mass is 79.9. The minimum Gasteiger partial charge on any atom is -0.506 e. The summed E-state index contributed by atoms with van der Waals surface area (Å²) in [7, 11) is 0. The van der Waals surface area contributed by atoms with Crippen molar-refractivity contribution in [3.8, 4) is 11.5 Å². The van der Waals surface area contributed by atoms with Crippen molar-refractivity contribution in [2.45, 2.75) is 20.5 Å². The predicted molar refractivity (Wildman–Crippen MR) is 164 cm³/mol. The lowest BCUT2D eigenvalue weighted by Crippen LogP contribution is -2.14. The number of hydrogen-bond acceptors (Lipinski definition) is 7. The molecular formula is C30H25Br2NO6S. The Bertz CT molecular complexity index is 1500. The number of hydrogen-bond donors (Lipinski definition) is 1. The van der Waals surface area contributed by atoms with Crippen molar-refractivity contribution in [2.24, 2.45) is 4.99 Å². The lowest BCUT2D eigenvalue weighted by molar-refractivity contribution is -0.138. The third-order valence-corrected chi connectivity index (χ3v) is 7.66. The van der Waals surface area contributed by atoms with Crippen LogP contribution in [0.3, 0.4) is 0 Å². The van der Waals surface area contributed by atoms with Crippen LogP contribution in [0.1, 0.15) is 35.3 Å². The maximum Gasteiger partial charge on any atom is 0.344 e. The highest BCUT2D eigenvalue weighted by Gasteiger charge is 2.34. The molecule has 0 bridgehead atoms. The average Bonchev–Trinajstić information content (AvgIpc) is 3.24. The van der Waals surface area contributed by atoms with Gasteiger partial charge in [-0.05, 0) is 83.4 Å². The molecule has 1 N–H and O–H groups in total. The number of aliphatic hydroxyl groups excluding tert-OH is 1. The van der Waals surface area contributed by atoms with Gasteiger partial charge < -0.3 is 19.3 Å². The number of carbonyl (C=O) groups is 2. The number of esters is 1. The lowest BCUT2D eigenvalue weighted by Gasteiger charge is -2.15. The number of carbonyl (C=O) groups excluding carboxylic acids is 2. The van der Waals surface area contributed by atoms with E-state index in [0.717, 1.165) is 21.8 Å². The van der Waals surface area contributed by atoms with Crippen molar-refractivity contribution in [1.82, 2.24) is 0 Å². The molecule has 1 aliphatic rings. The Balaban J connectivity index is 1.67. The van der Waals surface area contributed by atoms with Crippen molar-refractivity contribution in [2.75, 3.05) is 13.2 Å². The summed E-state index contributed by atoms with van der Waals surface area (Å²) in [5, 5.41) is 11.1. The van der Waals surface area contributed by atoms with Crippen LogP contribution in [-0.2, 0) is 16.1 Å². The number of aliphatic hydroxyl groups is 1. The monoisotopic (exact) mass is 685 g/mol. The van der Waals surface area contributed by atoms with Gasteiger partial charge in [-0.3, -0.25) is 4.79 Å². The minimum atomic E-state index is -0.761. The van der Waals surface area contributed by atoms with Gasteiger partial charge in [0.1, 0.15) is 23.0 Å². The van der Waals surface area contributed by atoms with Crippen molar-refractivity contribution in [3.63, 3.8) is 0 Å². The van der Waals surface area contributed by atoms with Gasteiger partial charge in [0.05, 0.1) is 22.6 Å². The van der Waals surface area contributed by atoms with E-state index in [0.29, 0.717) is 45.2 Å². The molecule has 206 valence electrons. The molecular weight excluding hydrogens is 662 g/mol. The number of halogens is 2. The second-order valence-electron chi connectivity index (χ2n) is 8.32. The van der Waals surface area contributed by atoms with Gasteiger partial charge >= 0.3 is 5.97 Å². The Kier molecular flexibility index (Phi) is 10.2. The van der Waals surface area contributed by atoms with E-state index >= 15 is 0 Å². The first kappa shape index (κ1) is 29.6. The summed E-state index contributed by atoms with van der Waals surface area (Å²) < 4.78 is 18.7. The lowest BCUT2D eigenvalue weighted by atomic mass is 10.1. The molecule has 0 unspecified atom stereocenters. The molecule has 0 saturated heterocycles. The van der Waals surface area contributed by atoms with E-state index in [1.165, 1.54) is 0 Å². The predicted octanol–water partition coefficient (Wildman–Crippen LogP) is 7.89. The molecule has 1 heterocycles. The van der Waals surface area contributed by atoms with E-state index in [-0.39, 0.29) is 23.0 Å². The number of benzene rings is 3. The maximum absolute atomic E-state index is 12.8. The molecule has 1 aliphatic heterocycles. The van der Waals surface area contributed by atoms with Gasteiger partial charge in [-0.2, -0.15) is 0 Å². The van der Waals surface area contributed by atoms with Crippen LogP contribution in [0.25, 0.3) is 6.08 Å². The molecule has 0 saturated carbocycles. The zero-order valence-corrected chi connectivity index (χ0v) is 25.6. The molecule has 3 aromatic carbocycles. The first-order valence-corrected chi connectivity index (χ1v) is 14.7. The summed E-state index contributed by atoms with van der Waals surface area (Å²) in [5.74, 6) is -0.566. The van der Waals surface area contributed by atoms with Gasteiger partial charge in [-0.25, -0.2) is 9.79 Å². The Morgan fingerprint density at radius 2 is 1.70 bits per heavy atom. The van der Waals surface area contributed by atoms with Crippen LogP contribution in [0.5, 0.6) is 11.5 Å². The van der Waals surface area contributed by atoms with Gasteiger partial charge in [0, 0.05) is 10.0 Å². The number of amides is 1. The van der Waals surface area contributed by atoms with Crippen molar-refractivity contribution in [1.29, 1.82) is 0 Å². The van der Waals surface area contributed by atoms with Gasteiger partial charge in [0.15, 0.2) is 11.5 Å². The van der Waals surface area contributed by atoms with Crippen LogP contribution < -0.4 is 9.47 Å². The number of ether oxygens (including phenoxy) is 3. The van der Waals surface area contributed by atoms with Gasteiger partial charge in [-0.15, -0.1) is 0 Å². The molecule has 0 fully saturated rings. The van der Waals surface area contributed by atoms with Crippen LogP contribution in [0.2, 0.25) is 0 Å². The topological polar surface area (TPSA) is 94.4 Å². The SMILES string of the molecule is CCOC(=O)C1=C(O)/C(=C/c2cc(Br)c(OCc3ccc(Br)cc3)c(OCC)c2)SC1=NC(=O)c1ccccc1. The molecule has 0 radical (unpaired) electrons. The Labute approximate surface area is 253 Å². The fraction of sp³-hybridized carbons (Fsp3) is 0.167. The average molecular weight is 687 g/mol. The summed E-state index contributed by atoms with van der Waals surface area (Å²) >= 11 is 8.02. The Hall–Kier alpha value is -3.34. The standard InChI is InChI=1S/C30H25Br2NO6S/c1-3-37-23-15-19(14-22(32)27(23)39-17-18-10-12-21(31)13-11-18)16-24-26(34)25(30(36)38-4-2)29(40-24)33-28(35)20-8-6-5-7-9-20/h5-16,34H,3-4,17H2,1-2H3/b24-16-,33-29?. The maximum atomic E-state index is 12.8. The largest absolute Gasteiger partial charge is 0.506 e. The summed E-state index contributed by atoms with van der Waals surface area (Å²) in [6, 6.07) is 19.9. The van der Waals surface area contributed by atoms with Crippen LogP contribution in [0.4, 0.5) is 0 Å². The van der Waals surface area contributed by atoms with Gasteiger partial charge in [0.25, 0.3) is 5.91 Å². The van der Waals surface area contributed by atoms with E-state index in [4.69, 9.17) is 14.2 Å². The van der Waals surface area contributed by atoms with Crippen LogP contribution >= 0.6 is 43.6 Å². The van der Waals surface area contributed by atoms with Crippen molar-refractivity contribution >= 4 is 66.6 Å². The number of rotatable bonds is 9. The van der Waals surface area contributed by atoms with Crippen LogP contribution in [0.15, 0.2) is 96.9 Å². The number of thioether (sulfide) groups is 1. The molecule has 1 amide bonds. The molecule has 7 nitrogen and oxygen atoms in total. The summed E-state index contributed by atoms with van der Waals surface area (Å²) in [6.07, 6.45) is 1.68. The van der Waals surface area contributed by atoms with E-state index in [9.17, 15) is 14.7 Å². The first-order chi connectivity index (χ1) is 19.3. The fourth-order valence-electron chi connectivity index (χ4n) is 3.69. The van der Waals surface area contributed by atoms with Crippen molar-refractivity contribution < 1.29 is 28.9 Å². The second-order valence-corrected chi connectivity index (χ2v) is 11.1. The highest BCUT2D eigenvalue weighted by molar-refractivity contribution is 9.10. The normalized spacial score (nSPS) is 15.0. The third kappa shape index (κ3) is 7.24. The summed E-state index contributed by atoms with van der Waals surface area (Å²) in [5.41, 5.74) is 1.87. The van der Waals surface area contributed by atoms with Gasteiger partial charge in [-0.1, -0.05) is 58.0 Å². The van der Waals surface area contributed by atoms with E-state index in [1.807, 2.05) is 37.3 Å². The smallest absolute Gasteiger partial charge is 0.344 e. The number of aliphatic imine (C=N–C) groups is 1. The highest BCUT2D eigenvalue weighted by Crippen LogP contribution is 2.42. The Morgan fingerprint density at radius 1 is 0.975 bits per heavy atom. The summed E-state index contributed by atoms with van der Waals surface area (Å²) in [4.78, 5) is 29.9. The zero-order valence-electron chi connectivity index (χ0n) is 21.6. The molecule has 4 rings (SSSR count). The minimum absolute atomic E-state index is 0.0644. The van der Waals surface area contributed by atoms with E-state index in [1.54, 1.807) is 49.4 Å². The third-order valence-electron chi connectivity index (χ3n) is 5.52. The summed E-state index contributed by atoms with van der Waals surface area (Å²) in [6.45, 7) is 4.38. The van der Waals surface area contributed by atoms with E-state index in [2.05, 4.69) is 36.9 Å². The fourth-order valence-corrected chi connectivity index (χ4v) is 5.54. The quantitative estimate of drug-likeness (QED) is 0.229. The second kappa shape index (κ2) is 13.8. The molecule has 0 aliphatic carbocycles. The Morgan fingerprint density at radius 3 is 2.38 bits per heavy atom. The molecule has 0 aromatic heterocycles. The van der Waals surface area contributed by atoms with Gasteiger partial charge in [0.2, 0.25) is 0 Å². The van der Waals surface area contributed by atoms with E-state index < -0.39 is 11.9 Å². The molecule has 0 atom stereocenters. The molecule has 3 aromatic rings. The first-order valence-electron chi connectivity index (χ1n) is 12.3. The van der Waals surface area contributed by atoms with Crippen molar-refractivity contribution in [3.05, 3.63) is 109 Å². The molecule has 40 heavy (non-hydrogen) atoms. The number of nitrogens with zero attached hydrogens (tertiary/aromatic N) is 1.